The van der Waals surface area contributed by atoms with Gasteiger partial charge in [0.2, 0.25) is 12.7 Å². The second kappa shape index (κ2) is 7.07. The number of hydrogen-bond donors (Lipinski definition) is 1. The van der Waals surface area contributed by atoms with Crippen LogP contribution in [0.2, 0.25) is 0 Å². The first-order valence-electron chi connectivity index (χ1n) is 8.91. The van der Waals surface area contributed by atoms with E-state index in [1.807, 2.05) is 0 Å². The number of aliphatic hydroxyl groups is 1. The van der Waals surface area contributed by atoms with Crippen LogP contribution < -0.4 is 9.47 Å². The van der Waals surface area contributed by atoms with Gasteiger partial charge in [0.05, 0.1) is 12.1 Å². The molecule has 0 bridgehead atoms. The van der Waals surface area contributed by atoms with Crippen LogP contribution in [0.5, 0.6) is 11.5 Å². The maximum absolute atomic E-state index is 13.6. The zero-order valence-corrected chi connectivity index (χ0v) is 15.1. The molecule has 0 saturated carbocycles. The van der Waals surface area contributed by atoms with E-state index in [-0.39, 0.29) is 30.4 Å². The molecule has 0 spiro atoms. The molecular formula is C20H17F3N2O4. The molecule has 9 heteroatoms. The van der Waals surface area contributed by atoms with Crippen molar-refractivity contribution in [1.29, 1.82) is 0 Å². The number of hydrogen-bond acceptors (Lipinski definition) is 5. The number of nitrogens with zero attached hydrogens (tertiary/aromatic N) is 2. The van der Waals surface area contributed by atoms with E-state index in [2.05, 4.69) is 5.10 Å². The summed E-state index contributed by atoms with van der Waals surface area (Å²) in [5.74, 6) is 0.170. The number of hydrazone groups is 1. The number of fused-ring (bicyclic) bond motifs is 1. The Morgan fingerprint density at radius 1 is 1.14 bits per heavy atom. The molecule has 6 nitrogen and oxygen atoms in total. The number of aryl methyl sites for hydroxylation is 1. The molecule has 1 N–H and O–H groups in total. The molecule has 4 rings (SSSR count). The third kappa shape index (κ3) is 3.53. The van der Waals surface area contributed by atoms with Gasteiger partial charge in [-0.3, -0.25) is 4.79 Å². The van der Waals surface area contributed by atoms with Gasteiger partial charge in [-0.1, -0.05) is 36.4 Å². The van der Waals surface area contributed by atoms with E-state index in [1.165, 1.54) is 0 Å². The van der Waals surface area contributed by atoms with Crippen LogP contribution in [0.1, 0.15) is 24.0 Å². The average Bonchev–Trinajstić information content (AvgIpc) is 3.31. The van der Waals surface area contributed by atoms with Crippen molar-refractivity contribution in [1.82, 2.24) is 5.01 Å². The minimum Gasteiger partial charge on any atom is -0.454 e. The molecule has 0 fully saturated rings. The summed E-state index contributed by atoms with van der Waals surface area (Å²) in [4.78, 5) is 12.6. The van der Waals surface area contributed by atoms with Crippen LogP contribution in [-0.2, 0) is 11.2 Å². The lowest BCUT2D eigenvalue weighted by Gasteiger charge is -2.32. The van der Waals surface area contributed by atoms with Gasteiger partial charge < -0.3 is 14.6 Å². The molecule has 0 aliphatic carbocycles. The van der Waals surface area contributed by atoms with Gasteiger partial charge in [-0.25, -0.2) is 0 Å². The van der Waals surface area contributed by atoms with Gasteiger partial charge >= 0.3 is 6.18 Å². The van der Waals surface area contributed by atoms with Gasteiger partial charge in [-0.05, 0) is 29.7 Å². The van der Waals surface area contributed by atoms with Crippen molar-refractivity contribution in [3.63, 3.8) is 0 Å². The Labute approximate surface area is 164 Å². The summed E-state index contributed by atoms with van der Waals surface area (Å²) in [6.07, 6.45) is -5.97. The van der Waals surface area contributed by atoms with Crippen molar-refractivity contribution < 1.29 is 32.5 Å². The summed E-state index contributed by atoms with van der Waals surface area (Å²) in [5, 5.41) is 14.3. The SMILES string of the molecule is O=C(CCc1ccc2c(c1)OCO2)N1N=C(c2ccccc2)C[C@]1(O)C(F)(F)F. The number of halogens is 3. The molecule has 2 heterocycles. The first-order valence-corrected chi connectivity index (χ1v) is 8.91. The Balaban J connectivity index is 1.54. The maximum Gasteiger partial charge on any atom is 0.438 e. The third-order valence-corrected chi connectivity index (χ3v) is 4.85. The number of amides is 1. The monoisotopic (exact) mass is 406 g/mol. The first-order chi connectivity index (χ1) is 13.8. The quantitative estimate of drug-likeness (QED) is 0.846. The highest BCUT2D eigenvalue weighted by molar-refractivity contribution is 6.03. The van der Waals surface area contributed by atoms with Crippen LogP contribution >= 0.6 is 0 Å². The van der Waals surface area contributed by atoms with Crippen LogP contribution in [0, 0.1) is 0 Å². The summed E-state index contributed by atoms with van der Waals surface area (Å²) >= 11 is 0. The molecule has 2 aromatic rings. The zero-order valence-electron chi connectivity index (χ0n) is 15.1. The predicted molar refractivity (Wildman–Crippen MR) is 96.3 cm³/mol. The average molecular weight is 406 g/mol. The Bertz CT molecular complexity index is 962. The fourth-order valence-corrected chi connectivity index (χ4v) is 3.27. The highest BCUT2D eigenvalue weighted by Gasteiger charge is 2.63. The Morgan fingerprint density at radius 3 is 2.59 bits per heavy atom. The summed E-state index contributed by atoms with van der Waals surface area (Å²) in [7, 11) is 0. The van der Waals surface area contributed by atoms with E-state index >= 15 is 0 Å². The fourth-order valence-electron chi connectivity index (χ4n) is 3.27. The Kier molecular flexibility index (Phi) is 4.70. The number of benzene rings is 2. The fraction of sp³-hybridized carbons (Fsp3) is 0.300. The van der Waals surface area contributed by atoms with E-state index in [0.29, 0.717) is 22.6 Å². The lowest BCUT2D eigenvalue weighted by atomic mass is 10.0. The molecule has 29 heavy (non-hydrogen) atoms. The molecule has 152 valence electrons. The van der Waals surface area contributed by atoms with E-state index in [1.54, 1.807) is 48.5 Å². The summed E-state index contributed by atoms with van der Waals surface area (Å²) in [6.45, 7) is 0.0983. The van der Waals surface area contributed by atoms with Gasteiger partial charge in [0.15, 0.2) is 11.5 Å². The highest BCUT2D eigenvalue weighted by atomic mass is 19.4. The van der Waals surface area contributed by atoms with Gasteiger partial charge in [-0.2, -0.15) is 23.3 Å². The van der Waals surface area contributed by atoms with Crippen molar-refractivity contribution in [3.8, 4) is 11.5 Å². The Morgan fingerprint density at radius 2 is 1.86 bits per heavy atom. The first kappa shape index (κ1) is 19.3. The summed E-state index contributed by atoms with van der Waals surface area (Å²) < 4.78 is 51.3. The van der Waals surface area contributed by atoms with E-state index in [4.69, 9.17) is 9.47 Å². The third-order valence-electron chi connectivity index (χ3n) is 4.85. The standard InChI is InChI=1S/C20H17F3N2O4/c21-20(22,23)19(27)11-15(14-4-2-1-3-5-14)24-25(19)18(26)9-7-13-6-8-16-17(10-13)29-12-28-16/h1-6,8,10,27H,7,9,11-12H2/t19-/m0/s1. The normalized spacial score (nSPS) is 20.7. The molecule has 2 aromatic carbocycles. The number of carbonyl (C=O) groups excluding carboxylic acids is 1. The van der Waals surface area contributed by atoms with Crippen LogP contribution in [-0.4, -0.2) is 40.4 Å². The second-order valence-electron chi connectivity index (χ2n) is 6.80. The molecule has 0 aromatic heterocycles. The predicted octanol–water partition coefficient (Wildman–Crippen LogP) is 3.24. The maximum atomic E-state index is 13.6. The lowest BCUT2D eigenvalue weighted by Crippen LogP contribution is -2.56. The number of rotatable bonds is 4. The topological polar surface area (TPSA) is 71.4 Å². The van der Waals surface area contributed by atoms with Gasteiger partial charge in [0.1, 0.15) is 0 Å². The molecule has 1 atom stereocenters. The second-order valence-corrected chi connectivity index (χ2v) is 6.80. The smallest absolute Gasteiger partial charge is 0.438 e. The van der Waals surface area contributed by atoms with E-state index in [9.17, 15) is 23.1 Å². The number of ether oxygens (including phenoxy) is 2. The van der Waals surface area contributed by atoms with Crippen molar-refractivity contribution in [2.75, 3.05) is 6.79 Å². The molecule has 0 saturated heterocycles. The number of carbonyl (C=O) groups is 1. The van der Waals surface area contributed by atoms with Crippen molar-refractivity contribution >= 4 is 11.6 Å². The zero-order chi connectivity index (χ0) is 20.6. The van der Waals surface area contributed by atoms with Crippen LogP contribution in [0.4, 0.5) is 13.2 Å². The van der Waals surface area contributed by atoms with E-state index in [0.717, 1.165) is 0 Å². The number of alkyl halides is 3. The Hall–Kier alpha value is -3.07. The molecule has 2 aliphatic heterocycles. The van der Waals surface area contributed by atoms with Crippen LogP contribution in [0.3, 0.4) is 0 Å². The van der Waals surface area contributed by atoms with Crippen LogP contribution in [0.25, 0.3) is 0 Å². The van der Waals surface area contributed by atoms with Crippen LogP contribution in [0.15, 0.2) is 53.6 Å². The van der Waals surface area contributed by atoms with E-state index < -0.39 is 24.2 Å². The van der Waals surface area contributed by atoms with Crippen molar-refractivity contribution in [2.24, 2.45) is 5.10 Å². The van der Waals surface area contributed by atoms with Crippen molar-refractivity contribution in [2.45, 2.75) is 31.2 Å². The highest BCUT2D eigenvalue weighted by Crippen LogP contribution is 2.41. The summed E-state index contributed by atoms with van der Waals surface area (Å²) in [5.41, 5.74) is -2.25. The largest absolute Gasteiger partial charge is 0.454 e. The minimum atomic E-state index is -5.05. The lowest BCUT2D eigenvalue weighted by molar-refractivity contribution is -0.302. The van der Waals surface area contributed by atoms with Crippen molar-refractivity contribution in [3.05, 3.63) is 59.7 Å². The molecular weight excluding hydrogens is 389 g/mol. The molecule has 0 unspecified atom stereocenters. The van der Waals surface area contributed by atoms with Gasteiger partial charge in [0.25, 0.3) is 5.72 Å². The van der Waals surface area contributed by atoms with Gasteiger partial charge in [-0.15, -0.1) is 0 Å². The molecule has 1 amide bonds. The molecule has 0 radical (unpaired) electrons. The summed E-state index contributed by atoms with van der Waals surface area (Å²) in [6, 6.07) is 13.2. The minimum absolute atomic E-state index is 0.00172. The molecule has 2 aliphatic rings. The van der Waals surface area contributed by atoms with Gasteiger partial charge in [0, 0.05) is 6.42 Å².